The van der Waals surface area contributed by atoms with E-state index in [4.69, 9.17) is 5.84 Å². The van der Waals surface area contributed by atoms with Crippen LogP contribution in [0.3, 0.4) is 0 Å². The fraction of sp³-hybridized carbons (Fsp3) is 1.00. The lowest BCUT2D eigenvalue weighted by molar-refractivity contribution is 0.205. The maximum atomic E-state index is 5.25. The van der Waals surface area contributed by atoms with E-state index in [9.17, 15) is 0 Å². The molecule has 2 nitrogen and oxygen atoms in total. The maximum absolute atomic E-state index is 5.25. The summed E-state index contributed by atoms with van der Waals surface area (Å²) >= 11 is 0. The Bertz CT molecular complexity index is 58.9. The molecule has 0 heterocycles. The van der Waals surface area contributed by atoms with Crippen molar-refractivity contribution in [1.29, 1.82) is 0 Å². The van der Waals surface area contributed by atoms with Crippen LogP contribution in [0.2, 0.25) is 0 Å². The zero-order valence-corrected chi connectivity index (χ0v) is 5.35. The van der Waals surface area contributed by atoms with Crippen LogP contribution in [0.5, 0.6) is 0 Å². The van der Waals surface area contributed by atoms with Crippen molar-refractivity contribution in [2.75, 3.05) is 0 Å². The molecule has 0 radical (unpaired) electrons. The van der Waals surface area contributed by atoms with Gasteiger partial charge in [0.05, 0.1) is 0 Å². The van der Waals surface area contributed by atoms with E-state index in [2.05, 4.69) is 12.3 Å². The Morgan fingerprint density at radius 3 is 2.50 bits per heavy atom. The van der Waals surface area contributed by atoms with Gasteiger partial charge in [0.1, 0.15) is 0 Å². The van der Waals surface area contributed by atoms with Gasteiger partial charge in [-0.2, -0.15) is 0 Å². The molecule has 0 amide bonds. The molecule has 0 aliphatic heterocycles. The highest BCUT2D eigenvalue weighted by atomic mass is 15.2. The molecule has 0 aromatic carbocycles. The normalized spacial score (nSPS) is 36.8. The van der Waals surface area contributed by atoms with Crippen molar-refractivity contribution in [3.63, 3.8) is 0 Å². The Morgan fingerprint density at radius 2 is 2.38 bits per heavy atom. The number of hydrogen-bond donors (Lipinski definition) is 2. The Kier molecular flexibility index (Phi) is 1.86. The zero-order valence-electron chi connectivity index (χ0n) is 5.35. The lowest BCUT2D eigenvalue weighted by Crippen LogP contribution is -2.47. The molecule has 0 spiro atoms. The van der Waals surface area contributed by atoms with Gasteiger partial charge in [0.15, 0.2) is 0 Å². The van der Waals surface area contributed by atoms with E-state index in [0.717, 1.165) is 5.92 Å². The molecule has 1 rings (SSSR count). The molecule has 3 N–H and O–H groups in total. The molecule has 0 aromatic rings. The minimum absolute atomic E-state index is 0.625. The summed E-state index contributed by atoms with van der Waals surface area (Å²) in [5.41, 5.74) is 2.80. The van der Waals surface area contributed by atoms with Gasteiger partial charge in [-0.25, -0.2) is 0 Å². The number of nitrogens with two attached hydrogens (primary N) is 1. The minimum atomic E-state index is 0.625. The van der Waals surface area contributed by atoms with E-state index in [1.54, 1.807) is 0 Å². The quantitative estimate of drug-likeness (QED) is 0.408. The molecule has 0 bridgehead atoms. The summed E-state index contributed by atoms with van der Waals surface area (Å²) in [4.78, 5) is 0. The fourth-order valence-corrected chi connectivity index (χ4v) is 1.28. The largest absolute Gasteiger partial charge is 0.271 e. The molecule has 1 aliphatic carbocycles. The SMILES string of the molecule is CCC1CCC1NN. The van der Waals surface area contributed by atoms with Gasteiger partial charge in [-0.3, -0.25) is 11.3 Å². The van der Waals surface area contributed by atoms with Crippen LogP contribution in [0.25, 0.3) is 0 Å². The lowest BCUT2D eigenvalue weighted by Gasteiger charge is -2.35. The van der Waals surface area contributed by atoms with Crippen molar-refractivity contribution < 1.29 is 0 Å². The molecule has 2 heteroatoms. The monoisotopic (exact) mass is 114 g/mol. The Hall–Kier alpha value is -0.0800. The van der Waals surface area contributed by atoms with Crippen LogP contribution in [-0.4, -0.2) is 6.04 Å². The first-order valence-electron chi connectivity index (χ1n) is 3.34. The van der Waals surface area contributed by atoms with Crippen LogP contribution in [0, 0.1) is 5.92 Å². The number of nitrogens with one attached hydrogen (secondary N) is 1. The van der Waals surface area contributed by atoms with Crippen molar-refractivity contribution in [3.05, 3.63) is 0 Å². The number of hydrogen-bond acceptors (Lipinski definition) is 2. The van der Waals surface area contributed by atoms with Crippen LogP contribution in [-0.2, 0) is 0 Å². The minimum Gasteiger partial charge on any atom is -0.271 e. The van der Waals surface area contributed by atoms with Gasteiger partial charge in [-0.1, -0.05) is 13.3 Å². The van der Waals surface area contributed by atoms with E-state index < -0.39 is 0 Å². The number of rotatable bonds is 2. The van der Waals surface area contributed by atoms with E-state index in [1.165, 1.54) is 19.3 Å². The van der Waals surface area contributed by atoms with E-state index >= 15 is 0 Å². The third-order valence-electron chi connectivity index (χ3n) is 2.16. The summed E-state index contributed by atoms with van der Waals surface area (Å²) in [7, 11) is 0. The average molecular weight is 114 g/mol. The summed E-state index contributed by atoms with van der Waals surface area (Å²) in [6, 6.07) is 0.625. The summed E-state index contributed by atoms with van der Waals surface area (Å²) in [6.07, 6.45) is 3.91. The van der Waals surface area contributed by atoms with Gasteiger partial charge in [-0.15, -0.1) is 0 Å². The van der Waals surface area contributed by atoms with Crippen molar-refractivity contribution in [2.24, 2.45) is 11.8 Å². The Balaban J connectivity index is 2.16. The average Bonchev–Trinajstić information content (AvgIpc) is 1.66. The van der Waals surface area contributed by atoms with Crippen molar-refractivity contribution >= 4 is 0 Å². The van der Waals surface area contributed by atoms with Crippen LogP contribution in [0.4, 0.5) is 0 Å². The highest BCUT2D eigenvalue weighted by molar-refractivity contribution is 4.83. The van der Waals surface area contributed by atoms with Gasteiger partial charge in [-0.05, 0) is 18.8 Å². The fourth-order valence-electron chi connectivity index (χ4n) is 1.28. The molecule has 2 unspecified atom stereocenters. The molecule has 1 fully saturated rings. The van der Waals surface area contributed by atoms with Crippen LogP contribution in [0.15, 0.2) is 0 Å². The molecule has 1 aliphatic rings. The van der Waals surface area contributed by atoms with Gasteiger partial charge < -0.3 is 0 Å². The van der Waals surface area contributed by atoms with Crippen LogP contribution in [0.1, 0.15) is 26.2 Å². The van der Waals surface area contributed by atoms with Crippen LogP contribution >= 0.6 is 0 Å². The summed E-state index contributed by atoms with van der Waals surface area (Å²) in [6.45, 7) is 2.22. The van der Waals surface area contributed by atoms with Crippen LogP contribution < -0.4 is 11.3 Å². The van der Waals surface area contributed by atoms with Gasteiger partial charge in [0, 0.05) is 6.04 Å². The van der Waals surface area contributed by atoms with Gasteiger partial charge >= 0.3 is 0 Å². The summed E-state index contributed by atoms with van der Waals surface area (Å²) in [5.74, 6) is 6.11. The van der Waals surface area contributed by atoms with Crippen molar-refractivity contribution in [3.8, 4) is 0 Å². The Morgan fingerprint density at radius 1 is 1.62 bits per heavy atom. The molecular weight excluding hydrogens is 100 g/mol. The Labute approximate surface area is 50.4 Å². The molecule has 2 atom stereocenters. The smallest absolute Gasteiger partial charge is 0.0238 e. The molecule has 1 saturated carbocycles. The molecule has 0 saturated heterocycles. The molecule has 0 aromatic heterocycles. The molecule has 48 valence electrons. The first-order valence-corrected chi connectivity index (χ1v) is 3.34. The highest BCUT2D eigenvalue weighted by Gasteiger charge is 2.27. The predicted molar refractivity (Wildman–Crippen MR) is 34.1 cm³/mol. The molecule has 8 heavy (non-hydrogen) atoms. The highest BCUT2D eigenvalue weighted by Crippen LogP contribution is 2.28. The van der Waals surface area contributed by atoms with E-state index in [-0.39, 0.29) is 0 Å². The summed E-state index contributed by atoms with van der Waals surface area (Å²) in [5, 5.41) is 0. The second kappa shape index (κ2) is 2.46. The van der Waals surface area contributed by atoms with Gasteiger partial charge in [0.25, 0.3) is 0 Å². The van der Waals surface area contributed by atoms with Crippen molar-refractivity contribution in [1.82, 2.24) is 5.43 Å². The summed E-state index contributed by atoms with van der Waals surface area (Å²) < 4.78 is 0. The third-order valence-corrected chi connectivity index (χ3v) is 2.16. The molecular formula is C6H14N2. The standard InChI is InChI=1S/C6H14N2/c1-2-5-3-4-6(5)8-7/h5-6,8H,2-4,7H2,1H3. The van der Waals surface area contributed by atoms with Crippen molar-refractivity contribution in [2.45, 2.75) is 32.2 Å². The first kappa shape index (κ1) is 6.05. The second-order valence-corrected chi connectivity index (χ2v) is 2.52. The maximum Gasteiger partial charge on any atom is 0.0238 e. The second-order valence-electron chi connectivity index (χ2n) is 2.52. The predicted octanol–water partition coefficient (Wildman–Crippen LogP) is 0.638. The third kappa shape index (κ3) is 0.858. The van der Waals surface area contributed by atoms with E-state index in [1.807, 2.05) is 0 Å². The van der Waals surface area contributed by atoms with E-state index in [0.29, 0.717) is 6.04 Å². The lowest BCUT2D eigenvalue weighted by atomic mass is 9.78. The number of hydrazine groups is 1. The van der Waals surface area contributed by atoms with Gasteiger partial charge in [0.2, 0.25) is 0 Å². The topological polar surface area (TPSA) is 38.0 Å². The zero-order chi connectivity index (χ0) is 5.98. The first-order chi connectivity index (χ1) is 3.88.